The van der Waals surface area contributed by atoms with Gasteiger partial charge in [0.05, 0.1) is 0 Å². The molecule has 1 heterocycles. The molecule has 0 aromatic heterocycles. The molecule has 2 N–H and O–H groups in total. The van der Waals surface area contributed by atoms with Crippen LogP contribution in [0.15, 0.2) is 95.6 Å². The van der Waals surface area contributed by atoms with E-state index < -0.39 is 0 Å². The van der Waals surface area contributed by atoms with Crippen LogP contribution in [0.1, 0.15) is 16.7 Å². The second-order valence-corrected chi connectivity index (χ2v) is 6.28. The first-order valence-electron chi connectivity index (χ1n) is 8.97. The van der Waals surface area contributed by atoms with Gasteiger partial charge in [-0.3, -0.25) is 15.6 Å². The molecule has 0 saturated heterocycles. The average molecular weight is 369 g/mol. The fraction of sp³-hybridized carbons (Fsp3) is 0.0435. The Bertz CT molecular complexity index is 1010. The Morgan fingerprint density at radius 2 is 1.50 bits per heavy atom. The minimum absolute atomic E-state index is 0.274. The van der Waals surface area contributed by atoms with Crippen LogP contribution in [-0.4, -0.2) is 11.7 Å². The lowest BCUT2D eigenvalue weighted by Crippen LogP contribution is -2.46. The van der Waals surface area contributed by atoms with Crippen molar-refractivity contribution >= 4 is 17.8 Å². The van der Waals surface area contributed by atoms with E-state index in [1.54, 1.807) is 6.08 Å². The predicted molar refractivity (Wildman–Crippen MR) is 109 cm³/mol. The molecule has 1 aliphatic heterocycles. The van der Waals surface area contributed by atoms with E-state index in [1.807, 2.05) is 84.9 Å². The van der Waals surface area contributed by atoms with Gasteiger partial charge in [-0.1, -0.05) is 72.8 Å². The summed E-state index contributed by atoms with van der Waals surface area (Å²) in [5.74, 6) is 1.10. The van der Waals surface area contributed by atoms with E-state index in [1.165, 1.54) is 0 Å². The SMILES string of the molecule is O=C1NNC(c2ccccc2)=NC1=Cc1ccc(OCc2ccccc2)cc1. The van der Waals surface area contributed by atoms with Crippen LogP contribution in [0.2, 0.25) is 0 Å². The van der Waals surface area contributed by atoms with Gasteiger partial charge in [0.15, 0.2) is 5.84 Å². The van der Waals surface area contributed by atoms with Crippen molar-refractivity contribution in [3.8, 4) is 5.75 Å². The number of amidine groups is 1. The zero-order valence-corrected chi connectivity index (χ0v) is 15.1. The first-order valence-corrected chi connectivity index (χ1v) is 8.97. The molecular formula is C23H19N3O2. The van der Waals surface area contributed by atoms with Crippen LogP contribution in [0.5, 0.6) is 5.75 Å². The Morgan fingerprint density at radius 1 is 0.821 bits per heavy atom. The van der Waals surface area contributed by atoms with Crippen molar-refractivity contribution in [2.75, 3.05) is 0 Å². The molecule has 0 radical (unpaired) electrons. The van der Waals surface area contributed by atoms with E-state index in [0.717, 1.165) is 22.4 Å². The summed E-state index contributed by atoms with van der Waals surface area (Å²) in [5.41, 5.74) is 8.70. The van der Waals surface area contributed by atoms with E-state index >= 15 is 0 Å². The summed E-state index contributed by atoms with van der Waals surface area (Å²) in [6.07, 6.45) is 1.75. The first kappa shape index (κ1) is 17.5. The van der Waals surface area contributed by atoms with Gasteiger partial charge in [-0.05, 0) is 29.3 Å². The van der Waals surface area contributed by atoms with Crippen molar-refractivity contribution in [1.29, 1.82) is 0 Å². The zero-order valence-electron chi connectivity index (χ0n) is 15.1. The lowest BCUT2D eigenvalue weighted by Gasteiger charge is -2.17. The molecule has 0 saturated carbocycles. The number of nitrogens with one attached hydrogen (secondary N) is 2. The van der Waals surface area contributed by atoms with Crippen LogP contribution in [0, 0.1) is 0 Å². The molecule has 5 nitrogen and oxygen atoms in total. The van der Waals surface area contributed by atoms with Crippen molar-refractivity contribution in [3.05, 3.63) is 107 Å². The number of hydrogen-bond donors (Lipinski definition) is 2. The van der Waals surface area contributed by atoms with E-state index in [-0.39, 0.29) is 5.91 Å². The van der Waals surface area contributed by atoms with Crippen LogP contribution in [0.25, 0.3) is 6.08 Å². The number of nitrogens with zero attached hydrogens (tertiary/aromatic N) is 1. The highest BCUT2D eigenvalue weighted by Crippen LogP contribution is 2.17. The van der Waals surface area contributed by atoms with E-state index in [9.17, 15) is 4.79 Å². The van der Waals surface area contributed by atoms with Crippen LogP contribution >= 0.6 is 0 Å². The smallest absolute Gasteiger partial charge is 0.288 e. The topological polar surface area (TPSA) is 62.7 Å². The number of ether oxygens (including phenoxy) is 1. The van der Waals surface area contributed by atoms with Crippen molar-refractivity contribution in [3.63, 3.8) is 0 Å². The molecule has 5 heteroatoms. The summed E-state index contributed by atoms with van der Waals surface area (Å²) >= 11 is 0. The summed E-state index contributed by atoms with van der Waals surface area (Å²) in [4.78, 5) is 16.6. The minimum Gasteiger partial charge on any atom is -0.489 e. The summed E-state index contributed by atoms with van der Waals surface area (Å²) in [6, 6.07) is 27.2. The molecule has 1 amide bonds. The van der Waals surface area contributed by atoms with E-state index in [4.69, 9.17) is 4.74 Å². The fourth-order valence-corrected chi connectivity index (χ4v) is 2.77. The Labute approximate surface area is 163 Å². The number of hydrogen-bond acceptors (Lipinski definition) is 4. The highest BCUT2D eigenvalue weighted by atomic mass is 16.5. The van der Waals surface area contributed by atoms with Gasteiger partial charge >= 0.3 is 0 Å². The molecule has 138 valence electrons. The molecule has 3 aromatic carbocycles. The number of benzene rings is 3. The third-order valence-electron chi connectivity index (χ3n) is 4.24. The maximum absolute atomic E-state index is 12.1. The number of aliphatic imine (C=N–C) groups is 1. The molecule has 0 unspecified atom stereocenters. The van der Waals surface area contributed by atoms with Crippen LogP contribution in [-0.2, 0) is 11.4 Å². The van der Waals surface area contributed by atoms with Gasteiger partial charge in [-0.15, -0.1) is 0 Å². The van der Waals surface area contributed by atoms with Gasteiger partial charge in [0, 0.05) is 5.56 Å². The van der Waals surface area contributed by atoms with Gasteiger partial charge in [-0.2, -0.15) is 0 Å². The Morgan fingerprint density at radius 3 is 2.21 bits per heavy atom. The van der Waals surface area contributed by atoms with Crippen molar-refractivity contribution in [2.45, 2.75) is 6.61 Å². The van der Waals surface area contributed by atoms with Gasteiger partial charge in [0.1, 0.15) is 18.1 Å². The number of carbonyl (C=O) groups is 1. The third kappa shape index (κ3) is 4.27. The second-order valence-electron chi connectivity index (χ2n) is 6.28. The largest absolute Gasteiger partial charge is 0.489 e. The summed E-state index contributed by atoms with van der Waals surface area (Å²) in [5, 5.41) is 0. The van der Waals surface area contributed by atoms with Crippen molar-refractivity contribution < 1.29 is 9.53 Å². The molecule has 1 aliphatic rings. The normalized spacial score (nSPS) is 14.8. The van der Waals surface area contributed by atoms with Crippen LogP contribution < -0.4 is 15.6 Å². The first-order chi connectivity index (χ1) is 13.8. The van der Waals surface area contributed by atoms with Gasteiger partial charge in [-0.25, -0.2) is 4.99 Å². The Balaban J connectivity index is 1.49. The number of carbonyl (C=O) groups excluding carboxylic acids is 1. The maximum atomic E-state index is 12.1. The average Bonchev–Trinajstić information content (AvgIpc) is 2.76. The van der Waals surface area contributed by atoms with E-state index in [0.29, 0.717) is 18.1 Å². The zero-order chi connectivity index (χ0) is 19.2. The summed E-state index contributed by atoms with van der Waals surface area (Å²) < 4.78 is 5.80. The number of hydrazine groups is 1. The highest BCUT2D eigenvalue weighted by Gasteiger charge is 2.17. The van der Waals surface area contributed by atoms with Gasteiger partial charge in [0.2, 0.25) is 0 Å². The minimum atomic E-state index is -0.274. The highest BCUT2D eigenvalue weighted by molar-refractivity contribution is 6.09. The summed E-state index contributed by atoms with van der Waals surface area (Å²) in [7, 11) is 0. The molecule has 3 aromatic rings. The van der Waals surface area contributed by atoms with Crippen LogP contribution in [0.3, 0.4) is 0 Å². The maximum Gasteiger partial charge on any atom is 0.288 e. The quantitative estimate of drug-likeness (QED) is 0.674. The molecular weight excluding hydrogens is 350 g/mol. The molecule has 4 rings (SSSR count). The van der Waals surface area contributed by atoms with Crippen LogP contribution in [0.4, 0.5) is 0 Å². The molecule has 0 aliphatic carbocycles. The monoisotopic (exact) mass is 369 g/mol. The lowest BCUT2D eigenvalue weighted by molar-refractivity contribution is -0.118. The number of amides is 1. The standard InChI is InChI=1S/C23H19N3O2/c27-23-21(24-22(25-26-23)19-9-5-2-6-10-19)15-17-11-13-20(14-12-17)28-16-18-7-3-1-4-8-18/h1-15H,16H2,(H,24,25)(H,26,27). The second kappa shape index (κ2) is 8.22. The number of rotatable bonds is 5. The third-order valence-corrected chi connectivity index (χ3v) is 4.24. The molecule has 0 fully saturated rings. The predicted octanol–water partition coefficient (Wildman–Crippen LogP) is 3.69. The molecule has 0 spiro atoms. The van der Waals surface area contributed by atoms with Gasteiger partial charge in [0.25, 0.3) is 5.91 Å². The molecule has 0 bridgehead atoms. The summed E-state index contributed by atoms with van der Waals surface area (Å²) in [6.45, 7) is 0.514. The Kier molecular flexibility index (Phi) is 5.15. The van der Waals surface area contributed by atoms with Crippen molar-refractivity contribution in [1.82, 2.24) is 10.9 Å². The van der Waals surface area contributed by atoms with Crippen molar-refractivity contribution in [2.24, 2.45) is 4.99 Å². The fourth-order valence-electron chi connectivity index (χ4n) is 2.77. The van der Waals surface area contributed by atoms with E-state index in [2.05, 4.69) is 15.8 Å². The lowest BCUT2D eigenvalue weighted by atomic mass is 10.1. The Hall–Kier alpha value is -3.86. The van der Waals surface area contributed by atoms with Gasteiger partial charge < -0.3 is 4.74 Å². The molecule has 0 atom stereocenters. The molecule has 28 heavy (non-hydrogen) atoms.